The van der Waals surface area contributed by atoms with Crippen LogP contribution in [0.5, 0.6) is 0 Å². The Morgan fingerprint density at radius 1 is 1.07 bits per heavy atom. The number of benzene rings is 2. The van der Waals surface area contributed by atoms with Gasteiger partial charge in [-0.2, -0.15) is 0 Å². The van der Waals surface area contributed by atoms with E-state index in [1.807, 2.05) is 59.2 Å². The number of nitrogens with one attached hydrogen (secondary N) is 2. The Kier molecular flexibility index (Phi) is 5.74. The first-order valence-electron chi connectivity index (χ1n) is 9.94. The van der Waals surface area contributed by atoms with Crippen molar-refractivity contribution in [3.05, 3.63) is 66.5 Å². The SMILES string of the molecule is O=C(CC[C@@H]1NC(=O)N(Cc2ccccc2)C1=O)NCCn1cnc2ccccc21. The van der Waals surface area contributed by atoms with Gasteiger partial charge in [0.25, 0.3) is 5.91 Å². The fourth-order valence-corrected chi connectivity index (χ4v) is 3.56. The van der Waals surface area contributed by atoms with E-state index in [4.69, 9.17) is 0 Å². The van der Waals surface area contributed by atoms with E-state index in [-0.39, 0.29) is 31.2 Å². The van der Waals surface area contributed by atoms with E-state index in [1.165, 1.54) is 4.90 Å². The van der Waals surface area contributed by atoms with Crippen molar-refractivity contribution in [1.82, 2.24) is 25.1 Å². The van der Waals surface area contributed by atoms with Crippen molar-refractivity contribution in [2.24, 2.45) is 0 Å². The monoisotopic (exact) mass is 405 g/mol. The zero-order chi connectivity index (χ0) is 20.9. The Morgan fingerprint density at radius 2 is 1.83 bits per heavy atom. The molecule has 1 atom stereocenters. The molecule has 2 heterocycles. The number of imide groups is 1. The third-order valence-corrected chi connectivity index (χ3v) is 5.15. The van der Waals surface area contributed by atoms with Crippen LogP contribution in [0.2, 0.25) is 0 Å². The van der Waals surface area contributed by atoms with Crippen molar-refractivity contribution in [2.75, 3.05) is 6.54 Å². The molecule has 8 heteroatoms. The van der Waals surface area contributed by atoms with Gasteiger partial charge in [0, 0.05) is 19.5 Å². The number of imidazole rings is 1. The fraction of sp³-hybridized carbons (Fsp3) is 0.273. The van der Waals surface area contributed by atoms with Crippen molar-refractivity contribution in [2.45, 2.75) is 32.0 Å². The number of hydrogen-bond donors (Lipinski definition) is 2. The summed E-state index contributed by atoms with van der Waals surface area (Å²) >= 11 is 0. The smallest absolute Gasteiger partial charge is 0.325 e. The molecular formula is C22H23N5O3. The van der Waals surface area contributed by atoms with Gasteiger partial charge < -0.3 is 15.2 Å². The molecule has 2 N–H and O–H groups in total. The van der Waals surface area contributed by atoms with Gasteiger partial charge in [0.2, 0.25) is 5.91 Å². The van der Waals surface area contributed by atoms with Crippen molar-refractivity contribution in [3.63, 3.8) is 0 Å². The second-order valence-electron chi connectivity index (χ2n) is 7.23. The molecule has 1 saturated heterocycles. The number of amides is 4. The second kappa shape index (κ2) is 8.77. The topological polar surface area (TPSA) is 96.3 Å². The lowest BCUT2D eigenvalue weighted by atomic mass is 10.1. The van der Waals surface area contributed by atoms with Crippen molar-refractivity contribution in [1.29, 1.82) is 0 Å². The van der Waals surface area contributed by atoms with Crippen LogP contribution in [-0.2, 0) is 22.7 Å². The van der Waals surface area contributed by atoms with Crippen LogP contribution in [0, 0.1) is 0 Å². The Labute approximate surface area is 173 Å². The van der Waals surface area contributed by atoms with E-state index in [9.17, 15) is 14.4 Å². The molecule has 30 heavy (non-hydrogen) atoms. The molecule has 0 saturated carbocycles. The van der Waals surface area contributed by atoms with Gasteiger partial charge in [-0.3, -0.25) is 14.5 Å². The molecule has 3 aromatic rings. The number of carbonyl (C=O) groups is 3. The highest BCUT2D eigenvalue weighted by atomic mass is 16.2. The van der Waals surface area contributed by atoms with Crippen molar-refractivity contribution < 1.29 is 14.4 Å². The van der Waals surface area contributed by atoms with Crippen LogP contribution >= 0.6 is 0 Å². The summed E-state index contributed by atoms with van der Waals surface area (Å²) in [5.41, 5.74) is 2.82. The summed E-state index contributed by atoms with van der Waals surface area (Å²) in [6.45, 7) is 1.30. The number of hydrogen-bond acceptors (Lipinski definition) is 4. The first-order valence-corrected chi connectivity index (χ1v) is 9.94. The molecule has 2 aromatic carbocycles. The fourth-order valence-electron chi connectivity index (χ4n) is 3.56. The maximum Gasteiger partial charge on any atom is 0.325 e. The average molecular weight is 405 g/mol. The molecule has 154 valence electrons. The van der Waals surface area contributed by atoms with Crippen LogP contribution in [0.1, 0.15) is 18.4 Å². The summed E-state index contributed by atoms with van der Waals surface area (Å²) in [7, 11) is 0. The van der Waals surface area contributed by atoms with Gasteiger partial charge in [0.1, 0.15) is 6.04 Å². The second-order valence-corrected chi connectivity index (χ2v) is 7.23. The van der Waals surface area contributed by atoms with E-state index < -0.39 is 12.1 Å². The lowest BCUT2D eigenvalue weighted by Crippen LogP contribution is -2.33. The quantitative estimate of drug-likeness (QED) is 0.561. The van der Waals surface area contributed by atoms with Gasteiger partial charge in [0.15, 0.2) is 0 Å². The first-order chi connectivity index (χ1) is 14.6. The molecule has 0 radical (unpaired) electrons. The molecule has 1 aliphatic rings. The lowest BCUT2D eigenvalue weighted by Gasteiger charge is -2.13. The van der Waals surface area contributed by atoms with Crippen LogP contribution in [0.15, 0.2) is 60.9 Å². The highest BCUT2D eigenvalue weighted by molar-refractivity contribution is 6.04. The van der Waals surface area contributed by atoms with Crippen molar-refractivity contribution in [3.8, 4) is 0 Å². The lowest BCUT2D eigenvalue weighted by molar-refractivity contribution is -0.128. The minimum atomic E-state index is -0.662. The molecular weight excluding hydrogens is 382 g/mol. The van der Waals surface area contributed by atoms with Crippen LogP contribution in [0.3, 0.4) is 0 Å². The molecule has 0 bridgehead atoms. The Bertz CT molecular complexity index is 1060. The van der Waals surface area contributed by atoms with Crippen LogP contribution in [-0.4, -0.2) is 44.9 Å². The van der Waals surface area contributed by atoms with Gasteiger partial charge >= 0.3 is 6.03 Å². The molecule has 1 aliphatic heterocycles. The first kappa shape index (κ1) is 19.6. The highest BCUT2D eigenvalue weighted by Gasteiger charge is 2.37. The summed E-state index contributed by atoms with van der Waals surface area (Å²) in [4.78, 5) is 42.4. The Morgan fingerprint density at radius 3 is 2.67 bits per heavy atom. The Balaban J connectivity index is 1.23. The Hall–Kier alpha value is -3.68. The summed E-state index contributed by atoms with van der Waals surface area (Å²) in [5, 5.41) is 5.53. The molecule has 1 aromatic heterocycles. The van der Waals surface area contributed by atoms with Crippen LogP contribution in [0.4, 0.5) is 4.79 Å². The van der Waals surface area contributed by atoms with Gasteiger partial charge in [-0.15, -0.1) is 0 Å². The standard InChI is InChI=1S/C22H23N5O3/c28-20(23-12-13-26-15-24-17-8-4-5-9-19(17)26)11-10-18-21(29)27(22(30)25-18)14-16-6-2-1-3-7-16/h1-9,15,18H,10-14H2,(H,23,28)(H,25,30)/t18-/m0/s1. The molecule has 0 unspecified atom stereocenters. The van der Waals surface area contributed by atoms with Gasteiger partial charge in [-0.25, -0.2) is 9.78 Å². The largest absolute Gasteiger partial charge is 0.354 e. The zero-order valence-corrected chi connectivity index (χ0v) is 16.5. The van der Waals surface area contributed by atoms with E-state index in [1.54, 1.807) is 6.33 Å². The highest BCUT2D eigenvalue weighted by Crippen LogP contribution is 2.15. The number of carbonyl (C=O) groups excluding carboxylic acids is 3. The molecule has 4 amide bonds. The maximum atomic E-state index is 12.5. The van der Waals surface area contributed by atoms with E-state index in [0.717, 1.165) is 16.6 Å². The minimum absolute atomic E-state index is 0.150. The zero-order valence-electron chi connectivity index (χ0n) is 16.5. The summed E-state index contributed by atoms with van der Waals surface area (Å²) in [6.07, 6.45) is 2.20. The molecule has 0 aliphatic carbocycles. The molecule has 8 nitrogen and oxygen atoms in total. The third-order valence-electron chi connectivity index (χ3n) is 5.15. The van der Waals surface area contributed by atoms with Crippen LogP contribution in [0.25, 0.3) is 11.0 Å². The number of urea groups is 1. The number of aromatic nitrogens is 2. The number of fused-ring (bicyclic) bond motifs is 1. The summed E-state index contributed by atoms with van der Waals surface area (Å²) in [6, 6.07) is 16.1. The van der Waals surface area contributed by atoms with E-state index >= 15 is 0 Å². The molecule has 0 spiro atoms. The number of para-hydroxylation sites is 2. The summed E-state index contributed by atoms with van der Waals surface area (Å²) < 4.78 is 1.98. The third kappa shape index (κ3) is 4.32. The summed E-state index contributed by atoms with van der Waals surface area (Å²) in [5.74, 6) is -0.440. The predicted octanol–water partition coefficient (Wildman–Crippen LogP) is 2.05. The normalized spacial score (nSPS) is 16.1. The number of nitrogens with zero attached hydrogens (tertiary/aromatic N) is 3. The van der Waals surface area contributed by atoms with E-state index in [2.05, 4.69) is 15.6 Å². The van der Waals surface area contributed by atoms with Crippen LogP contribution < -0.4 is 10.6 Å². The maximum absolute atomic E-state index is 12.5. The van der Waals surface area contributed by atoms with Gasteiger partial charge in [0.05, 0.1) is 23.9 Å². The van der Waals surface area contributed by atoms with Gasteiger partial charge in [-0.1, -0.05) is 42.5 Å². The van der Waals surface area contributed by atoms with Crippen molar-refractivity contribution >= 4 is 28.9 Å². The minimum Gasteiger partial charge on any atom is -0.354 e. The molecule has 1 fully saturated rings. The van der Waals surface area contributed by atoms with E-state index in [0.29, 0.717) is 13.1 Å². The van der Waals surface area contributed by atoms with Gasteiger partial charge in [-0.05, 0) is 24.1 Å². The molecule has 4 rings (SSSR count). The predicted molar refractivity (Wildman–Crippen MR) is 111 cm³/mol. The average Bonchev–Trinajstić information content (AvgIpc) is 3.29. The number of rotatable bonds is 8.